The molecule has 2 rings (SSSR count). The van der Waals surface area contributed by atoms with Crippen LogP contribution in [0.4, 0.5) is 8.78 Å². The molecule has 0 aromatic rings. The molecule has 3 N–H and O–H groups in total. The van der Waals surface area contributed by atoms with Crippen LogP contribution in [0.5, 0.6) is 0 Å². The van der Waals surface area contributed by atoms with E-state index in [0.717, 1.165) is 19.3 Å². The van der Waals surface area contributed by atoms with Gasteiger partial charge in [0.15, 0.2) is 6.29 Å². The summed E-state index contributed by atoms with van der Waals surface area (Å²) in [5.74, 6) is -4.79. The number of unbranched alkanes of at least 4 members (excludes halogenated alkanes) is 2. The lowest BCUT2D eigenvalue weighted by Crippen LogP contribution is -2.40. The van der Waals surface area contributed by atoms with Crippen molar-refractivity contribution in [1.82, 2.24) is 0 Å². The normalized spacial score (nSPS) is 39.8. The molecule has 122 valence electrons. The second kappa shape index (κ2) is 6.69. The van der Waals surface area contributed by atoms with Crippen LogP contribution in [0.2, 0.25) is 0 Å². The van der Waals surface area contributed by atoms with Gasteiger partial charge in [-0.1, -0.05) is 38.3 Å². The van der Waals surface area contributed by atoms with E-state index < -0.39 is 42.4 Å². The molecule has 1 aliphatic carbocycles. The Balaban J connectivity index is 1.98. The van der Waals surface area contributed by atoms with Crippen molar-refractivity contribution in [2.24, 2.45) is 11.8 Å². The first-order chi connectivity index (χ1) is 9.87. The summed E-state index contributed by atoms with van der Waals surface area (Å²) >= 11 is 0. The Morgan fingerprint density at radius 2 is 2.05 bits per heavy atom. The third-order valence-electron chi connectivity index (χ3n) is 4.46. The topological polar surface area (TPSA) is 69.9 Å². The molecule has 2 fully saturated rings. The molecule has 1 saturated heterocycles. The number of hydrogen-bond acceptors (Lipinski definition) is 4. The number of fused-ring (bicyclic) bond motifs is 1. The Kier molecular flexibility index (Phi) is 5.35. The summed E-state index contributed by atoms with van der Waals surface area (Å²) in [4.78, 5) is 0. The summed E-state index contributed by atoms with van der Waals surface area (Å²) in [5.41, 5.74) is 0. The zero-order valence-corrected chi connectivity index (χ0v) is 12.2. The van der Waals surface area contributed by atoms with Crippen molar-refractivity contribution in [3.05, 3.63) is 12.2 Å². The Hall–Kier alpha value is -0.560. The van der Waals surface area contributed by atoms with Gasteiger partial charge in [-0.25, -0.2) is 8.78 Å². The highest BCUT2D eigenvalue weighted by molar-refractivity contribution is 5.13. The predicted octanol–water partition coefficient (Wildman–Crippen LogP) is 1.83. The maximum atomic E-state index is 13.9. The number of hydrogen-bond donors (Lipinski definition) is 3. The third-order valence-corrected chi connectivity index (χ3v) is 4.46. The van der Waals surface area contributed by atoms with Gasteiger partial charge in [-0.2, -0.15) is 0 Å². The minimum absolute atomic E-state index is 0.0816. The second-order valence-electron chi connectivity index (χ2n) is 6.06. The Bertz CT molecular complexity index is 375. The Labute approximate surface area is 123 Å². The molecular formula is C15H24F2O4. The highest BCUT2D eigenvalue weighted by Gasteiger charge is 2.65. The van der Waals surface area contributed by atoms with E-state index in [0.29, 0.717) is 6.42 Å². The maximum Gasteiger partial charge on any atom is 0.299 e. The van der Waals surface area contributed by atoms with Gasteiger partial charge in [0.1, 0.15) is 12.2 Å². The van der Waals surface area contributed by atoms with Crippen molar-refractivity contribution in [2.75, 3.05) is 0 Å². The van der Waals surface area contributed by atoms with Crippen LogP contribution < -0.4 is 0 Å². The van der Waals surface area contributed by atoms with Gasteiger partial charge in [0, 0.05) is 18.3 Å². The largest absolute Gasteiger partial charge is 0.389 e. The predicted molar refractivity (Wildman–Crippen MR) is 72.7 cm³/mol. The van der Waals surface area contributed by atoms with Crippen LogP contribution in [0, 0.1) is 11.8 Å². The minimum atomic E-state index is -3.37. The number of aliphatic hydroxyl groups excluding tert-OH is 3. The molecule has 2 unspecified atom stereocenters. The van der Waals surface area contributed by atoms with E-state index in [1.807, 2.05) is 0 Å². The highest BCUT2D eigenvalue weighted by Crippen LogP contribution is 2.51. The molecule has 0 bridgehead atoms. The van der Waals surface area contributed by atoms with E-state index in [1.54, 1.807) is 0 Å². The highest BCUT2D eigenvalue weighted by atomic mass is 19.3. The van der Waals surface area contributed by atoms with Gasteiger partial charge >= 0.3 is 0 Å². The van der Waals surface area contributed by atoms with Crippen LogP contribution in [0.25, 0.3) is 0 Å². The molecule has 2 aliphatic rings. The standard InChI is InChI=1S/C15H24F2O4/c1-2-3-4-5-9(18)6-7-10-11-8-12(19)21-14(11)15(16,17)13(10)20/h6-7,9-14,18-20H,2-5,8H2,1H3/b7-6+/t9?,10-,11-,12?,13+,14-/m1/s1. The molecular weight excluding hydrogens is 282 g/mol. The number of ether oxygens (including phenoxy) is 1. The third kappa shape index (κ3) is 3.44. The molecule has 0 radical (unpaired) electrons. The summed E-state index contributed by atoms with van der Waals surface area (Å²) in [7, 11) is 0. The van der Waals surface area contributed by atoms with E-state index in [-0.39, 0.29) is 6.42 Å². The van der Waals surface area contributed by atoms with Crippen molar-refractivity contribution in [3.63, 3.8) is 0 Å². The van der Waals surface area contributed by atoms with Crippen LogP contribution in [0.1, 0.15) is 39.0 Å². The van der Waals surface area contributed by atoms with Crippen LogP contribution in [-0.4, -0.2) is 45.8 Å². The van der Waals surface area contributed by atoms with Crippen molar-refractivity contribution >= 4 is 0 Å². The molecule has 0 aromatic carbocycles. The summed E-state index contributed by atoms with van der Waals surface area (Å²) < 4.78 is 32.7. The molecule has 1 saturated carbocycles. The summed E-state index contributed by atoms with van der Waals surface area (Å²) in [6.07, 6.45) is 1.35. The fraction of sp³-hybridized carbons (Fsp3) is 0.867. The zero-order chi connectivity index (χ0) is 15.6. The van der Waals surface area contributed by atoms with Crippen molar-refractivity contribution in [3.8, 4) is 0 Å². The Morgan fingerprint density at radius 1 is 1.33 bits per heavy atom. The lowest BCUT2D eigenvalue weighted by atomic mass is 9.91. The van der Waals surface area contributed by atoms with Crippen LogP contribution in [0.3, 0.4) is 0 Å². The molecule has 6 atom stereocenters. The lowest BCUT2D eigenvalue weighted by Gasteiger charge is -2.21. The SMILES string of the molecule is CCCCCC(O)/C=C/[C@@H]1[C@H]2CC(O)O[C@H]2C(F)(F)[C@H]1O. The van der Waals surface area contributed by atoms with Crippen molar-refractivity contribution < 1.29 is 28.8 Å². The molecule has 0 spiro atoms. The van der Waals surface area contributed by atoms with Gasteiger partial charge in [-0.3, -0.25) is 0 Å². The summed E-state index contributed by atoms with van der Waals surface area (Å²) in [6, 6.07) is 0. The van der Waals surface area contributed by atoms with Gasteiger partial charge in [-0.05, 0) is 6.42 Å². The lowest BCUT2D eigenvalue weighted by molar-refractivity contribution is -0.198. The average Bonchev–Trinajstić information content (AvgIpc) is 2.87. The van der Waals surface area contributed by atoms with E-state index >= 15 is 0 Å². The number of alkyl halides is 2. The number of rotatable bonds is 6. The number of aliphatic hydroxyl groups is 3. The van der Waals surface area contributed by atoms with E-state index in [1.165, 1.54) is 12.2 Å². The number of halogens is 2. The van der Waals surface area contributed by atoms with E-state index in [2.05, 4.69) is 6.92 Å². The van der Waals surface area contributed by atoms with Crippen molar-refractivity contribution in [1.29, 1.82) is 0 Å². The van der Waals surface area contributed by atoms with E-state index in [4.69, 9.17) is 4.74 Å². The first-order valence-corrected chi connectivity index (χ1v) is 7.63. The molecule has 0 amide bonds. The quantitative estimate of drug-likeness (QED) is 0.517. The molecule has 4 nitrogen and oxygen atoms in total. The Morgan fingerprint density at radius 3 is 2.71 bits per heavy atom. The van der Waals surface area contributed by atoms with Gasteiger partial charge < -0.3 is 20.1 Å². The average molecular weight is 306 g/mol. The van der Waals surface area contributed by atoms with Gasteiger partial charge in [0.25, 0.3) is 5.92 Å². The monoisotopic (exact) mass is 306 g/mol. The van der Waals surface area contributed by atoms with Gasteiger partial charge in [0.2, 0.25) is 0 Å². The molecule has 1 heterocycles. The van der Waals surface area contributed by atoms with Crippen LogP contribution in [-0.2, 0) is 4.74 Å². The fourth-order valence-electron chi connectivity index (χ4n) is 3.28. The van der Waals surface area contributed by atoms with Crippen LogP contribution in [0.15, 0.2) is 12.2 Å². The second-order valence-corrected chi connectivity index (χ2v) is 6.06. The van der Waals surface area contributed by atoms with Crippen molar-refractivity contribution in [2.45, 2.75) is 69.6 Å². The van der Waals surface area contributed by atoms with E-state index in [9.17, 15) is 24.1 Å². The zero-order valence-electron chi connectivity index (χ0n) is 12.2. The maximum absolute atomic E-state index is 13.9. The van der Waals surface area contributed by atoms with Gasteiger partial charge in [0.05, 0.1) is 6.10 Å². The fourth-order valence-corrected chi connectivity index (χ4v) is 3.28. The molecule has 0 aromatic heterocycles. The van der Waals surface area contributed by atoms with Gasteiger partial charge in [-0.15, -0.1) is 0 Å². The molecule has 1 aliphatic heterocycles. The minimum Gasteiger partial charge on any atom is -0.389 e. The van der Waals surface area contributed by atoms with Crippen LogP contribution >= 0.6 is 0 Å². The smallest absolute Gasteiger partial charge is 0.299 e. The molecule has 21 heavy (non-hydrogen) atoms. The summed E-state index contributed by atoms with van der Waals surface area (Å²) in [5, 5.41) is 29.0. The first-order valence-electron chi connectivity index (χ1n) is 7.63. The first kappa shape index (κ1) is 16.8. The summed E-state index contributed by atoms with van der Waals surface area (Å²) in [6.45, 7) is 2.06. The molecule has 6 heteroatoms.